The van der Waals surface area contributed by atoms with Crippen LogP contribution in [-0.4, -0.2) is 37.1 Å². The third-order valence-corrected chi connectivity index (χ3v) is 4.20. The summed E-state index contributed by atoms with van der Waals surface area (Å²) in [6, 6.07) is 0. The van der Waals surface area contributed by atoms with Crippen molar-refractivity contribution < 1.29 is 9.53 Å². The fraction of sp³-hybridized carbons (Fsp3) is 0.941. The van der Waals surface area contributed by atoms with Gasteiger partial charge in [0, 0.05) is 6.54 Å². The molecule has 118 valence electrons. The standard InChI is InChI=1S/C17H33NO2/c1-3-5-6-7-8-9-10-13-18-14-11-12-16(15-18)17(19)20-4-2/h16H,3-15H2,1-2H3. The van der Waals surface area contributed by atoms with Gasteiger partial charge in [0.1, 0.15) is 0 Å². The first-order valence-electron chi connectivity index (χ1n) is 8.66. The van der Waals surface area contributed by atoms with Crippen LogP contribution in [0.5, 0.6) is 0 Å². The van der Waals surface area contributed by atoms with Crippen molar-refractivity contribution in [2.24, 2.45) is 5.92 Å². The van der Waals surface area contributed by atoms with E-state index in [0.29, 0.717) is 6.61 Å². The minimum Gasteiger partial charge on any atom is -0.466 e. The Balaban J connectivity index is 2.07. The monoisotopic (exact) mass is 283 g/mol. The smallest absolute Gasteiger partial charge is 0.310 e. The highest BCUT2D eigenvalue weighted by atomic mass is 16.5. The number of unbranched alkanes of at least 4 members (excludes halogenated alkanes) is 6. The van der Waals surface area contributed by atoms with E-state index in [-0.39, 0.29) is 11.9 Å². The lowest BCUT2D eigenvalue weighted by Gasteiger charge is -2.31. The van der Waals surface area contributed by atoms with Crippen LogP contribution in [0.4, 0.5) is 0 Å². The van der Waals surface area contributed by atoms with Crippen LogP contribution in [0.25, 0.3) is 0 Å². The summed E-state index contributed by atoms with van der Waals surface area (Å²) in [6.07, 6.45) is 11.6. The number of piperidine rings is 1. The van der Waals surface area contributed by atoms with Crippen LogP contribution in [0.1, 0.15) is 71.6 Å². The number of hydrogen-bond acceptors (Lipinski definition) is 3. The van der Waals surface area contributed by atoms with Crippen molar-refractivity contribution in [3.63, 3.8) is 0 Å². The summed E-state index contributed by atoms with van der Waals surface area (Å²) in [7, 11) is 0. The molecule has 0 aromatic carbocycles. The molecule has 0 radical (unpaired) electrons. The molecule has 1 saturated heterocycles. The van der Waals surface area contributed by atoms with E-state index in [2.05, 4.69) is 11.8 Å². The molecule has 0 bridgehead atoms. The Kier molecular flexibility index (Phi) is 9.73. The van der Waals surface area contributed by atoms with Crippen molar-refractivity contribution in [2.45, 2.75) is 71.6 Å². The first-order valence-corrected chi connectivity index (χ1v) is 8.66. The first kappa shape index (κ1) is 17.5. The Morgan fingerprint density at radius 2 is 1.80 bits per heavy atom. The number of carbonyl (C=O) groups excluding carboxylic acids is 1. The van der Waals surface area contributed by atoms with E-state index in [1.807, 2.05) is 6.92 Å². The molecular weight excluding hydrogens is 250 g/mol. The van der Waals surface area contributed by atoms with Crippen LogP contribution < -0.4 is 0 Å². The number of ether oxygens (including phenoxy) is 1. The predicted octanol–water partition coefficient (Wildman–Crippen LogP) is 4.01. The van der Waals surface area contributed by atoms with E-state index in [0.717, 1.165) is 32.5 Å². The summed E-state index contributed by atoms with van der Waals surface area (Å²) in [4.78, 5) is 14.2. The molecule has 20 heavy (non-hydrogen) atoms. The third-order valence-electron chi connectivity index (χ3n) is 4.20. The lowest BCUT2D eigenvalue weighted by Crippen LogP contribution is -2.39. The van der Waals surface area contributed by atoms with E-state index in [9.17, 15) is 4.79 Å². The zero-order chi connectivity index (χ0) is 14.6. The fourth-order valence-electron chi connectivity index (χ4n) is 3.00. The zero-order valence-corrected chi connectivity index (χ0v) is 13.5. The maximum atomic E-state index is 11.8. The molecule has 0 aromatic heterocycles. The molecule has 1 aliphatic heterocycles. The van der Waals surface area contributed by atoms with Gasteiger partial charge in [0.2, 0.25) is 0 Å². The van der Waals surface area contributed by atoms with Crippen LogP contribution in [0.3, 0.4) is 0 Å². The van der Waals surface area contributed by atoms with Gasteiger partial charge >= 0.3 is 5.97 Å². The fourth-order valence-corrected chi connectivity index (χ4v) is 3.00. The Bertz CT molecular complexity index is 255. The largest absolute Gasteiger partial charge is 0.466 e. The molecule has 0 amide bonds. The Labute approximate surface area is 125 Å². The number of nitrogens with zero attached hydrogens (tertiary/aromatic N) is 1. The van der Waals surface area contributed by atoms with Gasteiger partial charge < -0.3 is 9.64 Å². The third kappa shape index (κ3) is 7.28. The maximum Gasteiger partial charge on any atom is 0.310 e. The average Bonchev–Trinajstić information content (AvgIpc) is 2.47. The average molecular weight is 283 g/mol. The predicted molar refractivity (Wildman–Crippen MR) is 83.8 cm³/mol. The summed E-state index contributed by atoms with van der Waals surface area (Å²) < 4.78 is 5.14. The van der Waals surface area contributed by atoms with Gasteiger partial charge in [0.15, 0.2) is 0 Å². The molecule has 3 nitrogen and oxygen atoms in total. The lowest BCUT2D eigenvalue weighted by atomic mass is 9.98. The van der Waals surface area contributed by atoms with E-state index in [1.165, 1.54) is 44.9 Å². The van der Waals surface area contributed by atoms with Gasteiger partial charge in [-0.15, -0.1) is 0 Å². The SMILES string of the molecule is CCCCCCCCCN1CCCC(C(=O)OCC)C1. The minimum absolute atomic E-state index is 0.0109. The van der Waals surface area contributed by atoms with Gasteiger partial charge in [-0.1, -0.05) is 45.4 Å². The molecule has 0 aromatic rings. The van der Waals surface area contributed by atoms with E-state index in [4.69, 9.17) is 4.74 Å². The molecule has 1 rings (SSSR count). The molecule has 3 heteroatoms. The van der Waals surface area contributed by atoms with Gasteiger partial charge in [-0.2, -0.15) is 0 Å². The van der Waals surface area contributed by atoms with Crippen molar-refractivity contribution in [2.75, 3.05) is 26.2 Å². The second-order valence-electron chi connectivity index (χ2n) is 6.01. The molecule has 1 atom stereocenters. The summed E-state index contributed by atoms with van der Waals surface area (Å²) in [6.45, 7) is 7.88. The summed E-state index contributed by atoms with van der Waals surface area (Å²) in [5.74, 6) is 0.130. The number of likely N-dealkylation sites (tertiary alicyclic amines) is 1. The normalized spacial score (nSPS) is 20.0. The number of rotatable bonds is 10. The molecular formula is C17H33NO2. The molecule has 1 fully saturated rings. The highest BCUT2D eigenvalue weighted by Crippen LogP contribution is 2.18. The number of hydrogen-bond donors (Lipinski definition) is 0. The van der Waals surface area contributed by atoms with Crippen LogP contribution in [0.15, 0.2) is 0 Å². The molecule has 1 unspecified atom stereocenters. The van der Waals surface area contributed by atoms with Crippen LogP contribution in [-0.2, 0) is 9.53 Å². The van der Waals surface area contributed by atoms with Gasteiger partial charge in [0.25, 0.3) is 0 Å². The second kappa shape index (κ2) is 11.1. The Morgan fingerprint density at radius 3 is 2.50 bits per heavy atom. The molecule has 0 spiro atoms. The van der Waals surface area contributed by atoms with Gasteiger partial charge in [-0.3, -0.25) is 4.79 Å². The maximum absolute atomic E-state index is 11.8. The molecule has 1 aliphatic rings. The molecule has 0 N–H and O–H groups in total. The van der Waals surface area contributed by atoms with Crippen LogP contribution >= 0.6 is 0 Å². The van der Waals surface area contributed by atoms with Crippen molar-refractivity contribution in [3.8, 4) is 0 Å². The van der Waals surface area contributed by atoms with Crippen LogP contribution in [0.2, 0.25) is 0 Å². The van der Waals surface area contributed by atoms with Gasteiger partial charge in [-0.05, 0) is 39.3 Å². The minimum atomic E-state index is 0.0109. The molecule has 0 saturated carbocycles. The molecule has 0 aliphatic carbocycles. The Morgan fingerprint density at radius 1 is 1.10 bits per heavy atom. The van der Waals surface area contributed by atoms with E-state index < -0.39 is 0 Å². The lowest BCUT2D eigenvalue weighted by molar-refractivity contribution is -0.149. The first-order chi connectivity index (χ1) is 9.77. The van der Waals surface area contributed by atoms with Gasteiger partial charge in [0.05, 0.1) is 12.5 Å². The number of carbonyl (C=O) groups is 1. The van der Waals surface area contributed by atoms with E-state index >= 15 is 0 Å². The topological polar surface area (TPSA) is 29.5 Å². The second-order valence-corrected chi connectivity index (χ2v) is 6.01. The Hall–Kier alpha value is -0.570. The quantitative estimate of drug-likeness (QED) is 0.448. The zero-order valence-electron chi connectivity index (χ0n) is 13.5. The van der Waals surface area contributed by atoms with Crippen molar-refractivity contribution in [3.05, 3.63) is 0 Å². The van der Waals surface area contributed by atoms with Crippen LogP contribution in [0, 0.1) is 5.92 Å². The summed E-state index contributed by atoms with van der Waals surface area (Å²) in [5.41, 5.74) is 0. The molecule has 1 heterocycles. The summed E-state index contributed by atoms with van der Waals surface area (Å²) in [5, 5.41) is 0. The summed E-state index contributed by atoms with van der Waals surface area (Å²) >= 11 is 0. The van der Waals surface area contributed by atoms with Gasteiger partial charge in [-0.25, -0.2) is 0 Å². The van der Waals surface area contributed by atoms with Crippen molar-refractivity contribution in [1.29, 1.82) is 0 Å². The highest BCUT2D eigenvalue weighted by Gasteiger charge is 2.26. The number of esters is 1. The van der Waals surface area contributed by atoms with E-state index in [1.54, 1.807) is 0 Å². The van der Waals surface area contributed by atoms with Crippen molar-refractivity contribution >= 4 is 5.97 Å². The van der Waals surface area contributed by atoms with Crippen molar-refractivity contribution in [1.82, 2.24) is 4.90 Å². The highest BCUT2D eigenvalue weighted by molar-refractivity contribution is 5.72.